The Morgan fingerprint density at radius 2 is 2.00 bits per heavy atom. The van der Waals surface area contributed by atoms with Gasteiger partial charge >= 0.3 is 0 Å². The Labute approximate surface area is 98.2 Å². The van der Waals surface area contributed by atoms with E-state index in [1.165, 1.54) is 6.07 Å². The fraction of sp³-hybridized carbons (Fsp3) is 0.300. The molecule has 0 atom stereocenters. The number of nitrogens with zero attached hydrogens (tertiary/aromatic N) is 1. The molecule has 0 aliphatic carbocycles. The van der Waals surface area contributed by atoms with Crippen LogP contribution in [0.1, 0.15) is 10.4 Å². The summed E-state index contributed by atoms with van der Waals surface area (Å²) in [5.41, 5.74) is -0.376. The van der Waals surface area contributed by atoms with Crippen molar-refractivity contribution in [3.05, 3.63) is 33.8 Å². The molecule has 1 aliphatic rings. The molecule has 1 fully saturated rings. The lowest BCUT2D eigenvalue weighted by Gasteiger charge is -2.34. The Balaban J connectivity index is 2.29. The molecular formula is C10H7BrF3NO. The van der Waals surface area contributed by atoms with Crippen molar-refractivity contribution in [2.45, 2.75) is 6.17 Å². The number of alkyl halides is 1. The quantitative estimate of drug-likeness (QED) is 0.729. The largest absolute Gasteiger partial charge is 0.333 e. The van der Waals surface area contributed by atoms with Gasteiger partial charge in [-0.1, -0.05) is 15.9 Å². The smallest absolute Gasteiger partial charge is 0.257 e. The highest BCUT2D eigenvalue weighted by atomic mass is 79.9. The van der Waals surface area contributed by atoms with Crippen LogP contribution in [0.15, 0.2) is 16.6 Å². The molecule has 0 N–H and O–H groups in total. The molecule has 1 aromatic rings. The fourth-order valence-corrected chi connectivity index (χ4v) is 1.90. The Morgan fingerprint density at radius 1 is 1.38 bits per heavy atom. The van der Waals surface area contributed by atoms with Crippen LogP contribution >= 0.6 is 15.9 Å². The van der Waals surface area contributed by atoms with E-state index in [2.05, 4.69) is 15.9 Å². The summed E-state index contributed by atoms with van der Waals surface area (Å²) in [5, 5.41) is 0. The number of hydrogen-bond donors (Lipinski definition) is 0. The zero-order chi connectivity index (χ0) is 11.9. The Kier molecular flexibility index (Phi) is 2.92. The maximum atomic E-state index is 13.3. The van der Waals surface area contributed by atoms with Gasteiger partial charge in [0.25, 0.3) is 5.91 Å². The monoisotopic (exact) mass is 293 g/mol. The Bertz CT molecular complexity index is 446. The van der Waals surface area contributed by atoms with Crippen molar-refractivity contribution >= 4 is 21.8 Å². The third kappa shape index (κ3) is 1.93. The van der Waals surface area contributed by atoms with Gasteiger partial charge in [-0.25, -0.2) is 13.2 Å². The molecule has 6 heteroatoms. The Morgan fingerprint density at radius 3 is 2.56 bits per heavy atom. The molecular weight excluding hydrogens is 287 g/mol. The highest BCUT2D eigenvalue weighted by molar-refractivity contribution is 9.10. The molecule has 0 radical (unpaired) electrons. The van der Waals surface area contributed by atoms with Crippen molar-refractivity contribution in [3.8, 4) is 0 Å². The van der Waals surface area contributed by atoms with Crippen LogP contribution in [0.5, 0.6) is 0 Å². The van der Waals surface area contributed by atoms with E-state index in [1.54, 1.807) is 0 Å². The minimum Gasteiger partial charge on any atom is -0.333 e. The number of carbonyl (C=O) groups is 1. The molecule has 1 aromatic carbocycles. The van der Waals surface area contributed by atoms with Crippen LogP contribution in [-0.2, 0) is 0 Å². The first-order valence-electron chi connectivity index (χ1n) is 4.57. The molecule has 1 heterocycles. The molecule has 0 saturated carbocycles. The average Bonchev–Trinajstić information content (AvgIpc) is 2.18. The molecule has 1 saturated heterocycles. The predicted octanol–water partition coefficient (Wildman–Crippen LogP) is 2.52. The lowest BCUT2D eigenvalue weighted by Crippen LogP contribution is -2.51. The lowest BCUT2D eigenvalue weighted by atomic mass is 10.1. The number of amides is 1. The summed E-state index contributed by atoms with van der Waals surface area (Å²) in [6.45, 7) is -0.126. The first-order valence-corrected chi connectivity index (χ1v) is 5.36. The van der Waals surface area contributed by atoms with Gasteiger partial charge in [0, 0.05) is 4.47 Å². The van der Waals surface area contributed by atoms with E-state index in [9.17, 15) is 18.0 Å². The molecule has 16 heavy (non-hydrogen) atoms. The minimum absolute atomic E-state index is 0.0631. The van der Waals surface area contributed by atoms with Crippen LogP contribution in [0, 0.1) is 11.6 Å². The summed E-state index contributed by atoms with van der Waals surface area (Å²) in [4.78, 5) is 12.8. The standard InChI is InChI=1S/C10H7BrF3NO/c11-5-1-7(9(14)8(13)2-5)10(16)15-3-6(12)4-15/h1-2,6H,3-4H2. The maximum absolute atomic E-state index is 13.3. The number of carbonyl (C=O) groups excluding carboxylic acids is 1. The summed E-state index contributed by atoms with van der Waals surface area (Å²) in [6, 6.07) is 2.12. The number of likely N-dealkylation sites (tertiary alicyclic amines) is 1. The van der Waals surface area contributed by atoms with Crippen LogP contribution in [0.25, 0.3) is 0 Å². The van der Waals surface area contributed by atoms with Gasteiger partial charge in [-0.15, -0.1) is 0 Å². The summed E-state index contributed by atoms with van der Waals surface area (Å²) >= 11 is 2.96. The molecule has 1 amide bonds. The van der Waals surface area contributed by atoms with Crippen LogP contribution in [0.2, 0.25) is 0 Å². The zero-order valence-corrected chi connectivity index (χ0v) is 9.60. The molecule has 0 spiro atoms. The van der Waals surface area contributed by atoms with Gasteiger partial charge in [0.2, 0.25) is 0 Å². The van der Waals surface area contributed by atoms with E-state index in [0.717, 1.165) is 11.0 Å². The lowest BCUT2D eigenvalue weighted by molar-refractivity contribution is 0.0395. The summed E-state index contributed by atoms with van der Waals surface area (Å²) in [7, 11) is 0. The van der Waals surface area contributed by atoms with Crippen LogP contribution in [0.3, 0.4) is 0 Å². The van der Waals surface area contributed by atoms with Gasteiger partial charge < -0.3 is 4.90 Å². The molecule has 1 aliphatic heterocycles. The SMILES string of the molecule is O=C(c1cc(Br)cc(F)c1F)N1CC(F)C1. The molecule has 0 bridgehead atoms. The normalized spacial score (nSPS) is 16.1. The zero-order valence-electron chi connectivity index (χ0n) is 8.01. The van der Waals surface area contributed by atoms with Crippen molar-refractivity contribution in [1.29, 1.82) is 0 Å². The summed E-state index contributed by atoms with van der Waals surface area (Å²) < 4.78 is 39.1. The highest BCUT2D eigenvalue weighted by Gasteiger charge is 2.32. The van der Waals surface area contributed by atoms with Crippen LogP contribution in [-0.4, -0.2) is 30.1 Å². The van der Waals surface area contributed by atoms with Crippen molar-refractivity contribution in [2.75, 3.05) is 13.1 Å². The molecule has 0 aromatic heterocycles. The second-order valence-electron chi connectivity index (χ2n) is 3.56. The number of benzene rings is 1. The van der Waals surface area contributed by atoms with Crippen LogP contribution < -0.4 is 0 Å². The predicted molar refractivity (Wildman–Crippen MR) is 54.9 cm³/mol. The second-order valence-corrected chi connectivity index (χ2v) is 4.47. The third-order valence-electron chi connectivity index (χ3n) is 2.35. The molecule has 2 rings (SSSR count). The van der Waals surface area contributed by atoms with Crippen LogP contribution in [0.4, 0.5) is 13.2 Å². The molecule has 0 unspecified atom stereocenters. The first-order chi connectivity index (χ1) is 7.49. The number of halogens is 4. The molecule has 2 nitrogen and oxygen atoms in total. The second kappa shape index (κ2) is 4.08. The van der Waals surface area contributed by atoms with Gasteiger partial charge in [0.1, 0.15) is 6.17 Å². The van der Waals surface area contributed by atoms with Crippen molar-refractivity contribution in [2.24, 2.45) is 0 Å². The van der Waals surface area contributed by atoms with E-state index >= 15 is 0 Å². The van der Waals surface area contributed by atoms with Gasteiger partial charge in [-0.3, -0.25) is 4.79 Å². The van der Waals surface area contributed by atoms with Crippen molar-refractivity contribution < 1.29 is 18.0 Å². The van der Waals surface area contributed by atoms with Gasteiger partial charge in [-0.05, 0) is 12.1 Å². The summed E-state index contributed by atoms with van der Waals surface area (Å²) in [6.07, 6.45) is -1.07. The van der Waals surface area contributed by atoms with E-state index in [4.69, 9.17) is 0 Å². The van der Waals surface area contributed by atoms with Gasteiger partial charge in [0.05, 0.1) is 18.7 Å². The van der Waals surface area contributed by atoms with Gasteiger partial charge in [-0.2, -0.15) is 0 Å². The number of rotatable bonds is 1. The molecule has 86 valence electrons. The summed E-state index contributed by atoms with van der Waals surface area (Å²) in [5.74, 6) is -2.99. The fourth-order valence-electron chi connectivity index (χ4n) is 1.47. The first kappa shape index (κ1) is 11.4. The van der Waals surface area contributed by atoms with Gasteiger partial charge in [0.15, 0.2) is 11.6 Å². The maximum Gasteiger partial charge on any atom is 0.257 e. The van der Waals surface area contributed by atoms with E-state index in [0.29, 0.717) is 0 Å². The number of hydrogen-bond acceptors (Lipinski definition) is 1. The topological polar surface area (TPSA) is 20.3 Å². The van der Waals surface area contributed by atoms with E-state index < -0.39 is 23.7 Å². The van der Waals surface area contributed by atoms with Crippen molar-refractivity contribution in [3.63, 3.8) is 0 Å². The average molecular weight is 294 g/mol. The minimum atomic E-state index is -1.20. The van der Waals surface area contributed by atoms with E-state index in [1.807, 2.05) is 0 Å². The van der Waals surface area contributed by atoms with E-state index in [-0.39, 0.29) is 23.1 Å². The third-order valence-corrected chi connectivity index (χ3v) is 2.81. The highest BCUT2D eigenvalue weighted by Crippen LogP contribution is 2.23. The van der Waals surface area contributed by atoms with Crippen molar-refractivity contribution in [1.82, 2.24) is 4.90 Å². The Hall–Kier alpha value is -1.04.